The van der Waals surface area contributed by atoms with Gasteiger partial charge in [0.25, 0.3) is 0 Å². The molecule has 10 heavy (non-hydrogen) atoms. The zero-order valence-corrected chi connectivity index (χ0v) is 7.15. The highest BCUT2D eigenvalue weighted by Crippen LogP contribution is 2.54. The van der Waals surface area contributed by atoms with Crippen molar-refractivity contribution in [3.63, 3.8) is 0 Å². The molecule has 1 aliphatic rings. The van der Waals surface area contributed by atoms with Crippen molar-refractivity contribution in [2.45, 2.75) is 39.2 Å². The second-order valence-corrected chi connectivity index (χ2v) is 3.91. The maximum atomic E-state index is 6.02. The molecule has 1 rings (SSSR count). The van der Waals surface area contributed by atoms with E-state index in [-0.39, 0.29) is 5.54 Å². The Hall–Kier alpha value is -0.300. The molecule has 1 heteroatoms. The van der Waals surface area contributed by atoms with Crippen LogP contribution in [0.1, 0.15) is 33.6 Å². The summed E-state index contributed by atoms with van der Waals surface area (Å²) in [5.74, 6) is 0. The summed E-state index contributed by atoms with van der Waals surface area (Å²) < 4.78 is 0. The molecule has 0 spiro atoms. The fourth-order valence-electron chi connectivity index (χ4n) is 1.30. The first-order chi connectivity index (χ1) is 4.52. The molecule has 58 valence electrons. The van der Waals surface area contributed by atoms with Gasteiger partial charge in [0.2, 0.25) is 0 Å². The number of rotatable bonds is 2. The van der Waals surface area contributed by atoms with Gasteiger partial charge in [-0.25, -0.2) is 0 Å². The largest absolute Gasteiger partial charge is 0.321 e. The Kier molecular flexibility index (Phi) is 1.63. The third-order valence-electron chi connectivity index (χ3n) is 2.52. The van der Waals surface area contributed by atoms with Crippen LogP contribution in [0.2, 0.25) is 0 Å². The van der Waals surface area contributed by atoms with Gasteiger partial charge >= 0.3 is 0 Å². The van der Waals surface area contributed by atoms with E-state index in [1.165, 1.54) is 0 Å². The predicted octanol–water partition coefficient (Wildman–Crippen LogP) is 2.08. The molecule has 1 fully saturated rings. The van der Waals surface area contributed by atoms with Crippen LogP contribution in [0.3, 0.4) is 0 Å². The highest BCUT2D eigenvalue weighted by Gasteiger charge is 2.56. The summed E-state index contributed by atoms with van der Waals surface area (Å²) in [5, 5.41) is 0. The number of hydrogen-bond donors (Lipinski definition) is 1. The van der Waals surface area contributed by atoms with Crippen molar-refractivity contribution >= 4 is 0 Å². The quantitative estimate of drug-likeness (QED) is 0.582. The molecule has 0 bridgehead atoms. The van der Waals surface area contributed by atoms with Gasteiger partial charge in [-0.15, -0.1) is 0 Å². The first kappa shape index (κ1) is 7.80. The van der Waals surface area contributed by atoms with E-state index in [4.69, 9.17) is 5.73 Å². The highest BCUT2D eigenvalue weighted by atomic mass is 14.9. The van der Waals surface area contributed by atoms with E-state index in [1.54, 1.807) is 0 Å². The van der Waals surface area contributed by atoms with Crippen molar-refractivity contribution in [2.24, 2.45) is 11.1 Å². The Morgan fingerprint density at radius 1 is 1.50 bits per heavy atom. The SMILES string of the molecule is CC/C=C/C1(N)CC1(C)C. The highest BCUT2D eigenvalue weighted by molar-refractivity contribution is 5.25. The lowest BCUT2D eigenvalue weighted by atomic mass is 10.1. The minimum Gasteiger partial charge on any atom is -0.321 e. The lowest BCUT2D eigenvalue weighted by Gasteiger charge is -2.08. The lowest BCUT2D eigenvalue weighted by Crippen LogP contribution is -2.25. The average Bonchev–Trinajstić information content (AvgIpc) is 2.29. The molecule has 1 aliphatic carbocycles. The smallest absolute Gasteiger partial charge is 0.0397 e. The molecule has 1 atom stereocenters. The monoisotopic (exact) mass is 139 g/mol. The number of hydrogen-bond acceptors (Lipinski definition) is 1. The summed E-state index contributed by atoms with van der Waals surface area (Å²) >= 11 is 0. The molecule has 0 saturated heterocycles. The van der Waals surface area contributed by atoms with Crippen molar-refractivity contribution in [3.8, 4) is 0 Å². The van der Waals surface area contributed by atoms with E-state index in [2.05, 4.69) is 32.9 Å². The molecule has 0 radical (unpaired) electrons. The molecule has 0 aliphatic heterocycles. The molecule has 1 unspecified atom stereocenters. The topological polar surface area (TPSA) is 26.0 Å². The fourth-order valence-corrected chi connectivity index (χ4v) is 1.30. The van der Waals surface area contributed by atoms with E-state index >= 15 is 0 Å². The first-order valence-electron chi connectivity index (χ1n) is 3.98. The van der Waals surface area contributed by atoms with Gasteiger partial charge in [-0.3, -0.25) is 0 Å². The van der Waals surface area contributed by atoms with Crippen LogP contribution in [0.4, 0.5) is 0 Å². The van der Waals surface area contributed by atoms with Gasteiger partial charge in [-0.2, -0.15) is 0 Å². The van der Waals surface area contributed by atoms with Crippen LogP contribution in [0.15, 0.2) is 12.2 Å². The Balaban J connectivity index is 2.52. The Morgan fingerprint density at radius 2 is 2.00 bits per heavy atom. The maximum Gasteiger partial charge on any atom is 0.0397 e. The van der Waals surface area contributed by atoms with Crippen LogP contribution in [-0.2, 0) is 0 Å². The normalized spacial score (nSPS) is 36.8. The summed E-state index contributed by atoms with van der Waals surface area (Å²) in [7, 11) is 0. The Labute approximate surface area is 63.3 Å². The Morgan fingerprint density at radius 3 is 2.30 bits per heavy atom. The van der Waals surface area contributed by atoms with Gasteiger partial charge in [0, 0.05) is 5.54 Å². The maximum absolute atomic E-state index is 6.02. The van der Waals surface area contributed by atoms with E-state index in [0.717, 1.165) is 12.8 Å². The van der Waals surface area contributed by atoms with E-state index in [1.807, 2.05) is 0 Å². The molecule has 0 aromatic carbocycles. The van der Waals surface area contributed by atoms with Crippen LogP contribution < -0.4 is 5.73 Å². The lowest BCUT2D eigenvalue weighted by molar-refractivity contribution is 0.558. The molecule has 0 aromatic rings. The average molecular weight is 139 g/mol. The van der Waals surface area contributed by atoms with Crippen LogP contribution in [-0.4, -0.2) is 5.54 Å². The summed E-state index contributed by atoms with van der Waals surface area (Å²) in [6.07, 6.45) is 6.55. The minimum atomic E-state index is 0.0169. The minimum absolute atomic E-state index is 0.0169. The van der Waals surface area contributed by atoms with Crippen LogP contribution in [0.5, 0.6) is 0 Å². The van der Waals surface area contributed by atoms with Gasteiger partial charge in [0.1, 0.15) is 0 Å². The van der Waals surface area contributed by atoms with Crippen LogP contribution in [0, 0.1) is 5.41 Å². The van der Waals surface area contributed by atoms with Gasteiger partial charge in [-0.1, -0.05) is 32.9 Å². The summed E-state index contributed by atoms with van der Waals surface area (Å²) in [6, 6.07) is 0. The van der Waals surface area contributed by atoms with Gasteiger partial charge < -0.3 is 5.73 Å². The molecular formula is C9H17N. The van der Waals surface area contributed by atoms with Crippen molar-refractivity contribution in [2.75, 3.05) is 0 Å². The van der Waals surface area contributed by atoms with Crippen LogP contribution in [0.25, 0.3) is 0 Å². The fraction of sp³-hybridized carbons (Fsp3) is 0.778. The van der Waals surface area contributed by atoms with Crippen molar-refractivity contribution < 1.29 is 0 Å². The molecule has 0 amide bonds. The summed E-state index contributed by atoms with van der Waals surface area (Å²) in [6.45, 7) is 6.56. The zero-order valence-electron chi connectivity index (χ0n) is 7.15. The third kappa shape index (κ3) is 1.10. The van der Waals surface area contributed by atoms with Crippen molar-refractivity contribution in [3.05, 3.63) is 12.2 Å². The molecule has 0 heterocycles. The van der Waals surface area contributed by atoms with Crippen LogP contribution >= 0.6 is 0 Å². The van der Waals surface area contributed by atoms with E-state index in [0.29, 0.717) is 5.41 Å². The standard InChI is InChI=1S/C9H17N/c1-4-5-6-9(10)7-8(9,2)3/h5-6H,4,7,10H2,1-3H3/b6-5+. The van der Waals surface area contributed by atoms with Crippen molar-refractivity contribution in [1.29, 1.82) is 0 Å². The molecule has 0 aromatic heterocycles. The van der Waals surface area contributed by atoms with E-state index in [9.17, 15) is 0 Å². The first-order valence-corrected chi connectivity index (χ1v) is 3.98. The van der Waals surface area contributed by atoms with Gasteiger partial charge in [0.05, 0.1) is 0 Å². The zero-order chi connectivity index (χ0) is 7.83. The molecule has 1 nitrogen and oxygen atoms in total. The second kappa shape index (κ2) is 2.09. The predicted molar refractivity (Wildman–Crippen MR) is 44.7 cm³/mol. The van der Waals surface area contributed by atoms with Gasteiger partial charge in [-0.05, 0) is 18.3 Å². The third-order valence-corrected chi connectivity index (χ3v) is 2.52. The summed E-state index contributed by atoms with van der Waals surface area (Å²) in [5.41, 5.74) is 6.39. The van der Waals surface area contributed by atoms with Gasteiger partial charge in [0.15, 0.2) is 0 Å². The van der Waals surface area contributed by atoms with E-state index < -0.39 is 0 Å². The Bertz CT molecular complexity index is 158. The number of allylic oxidation sites excluding steroid dienone is 1. The number of nitrogens with two attached hydrogens (primary N) is 1. The second-order valence-electron chi connectivity index (χ2n) is 3.91. The van der Waals surface area contributed by atoms with Crippen molar-refractivity contribution in [1.82, 2.24) is 0 Å². The molecule has 2 N–H and O–H groups in total. The summed E-state index contributed by atoms with van der Waals surface area (Å²) in [4.78, 5) is 0. The molecule has 1 saturated carbocycles. The molecular weight excluding hydrogens is 122 g/mol.